The molecule has 2 aromatic rings. The van der Waals surface area contributed by atoms with Gasteiger partial charge in [0.2, 0.25) is 0 Å². The van der Waals surface area contributed by atoms with Crippen LogP contribution < -0.4 is 4.74 Å². The van der Waals surface area contributed by atoms with Crippen molar-refractivity contribution in [2.45, 2.75) is 58.4 Å². The second kappa shape index (κ2) is 10.1. The number of aliphatic hydroxyl groups is 1. The zero-order valence-electron chi connectivity index (χ0n) is 23.1. The molecule has 0 radical (unpaired) electrons. The van der Waals surface area contributed by atoms with Crippen molar-refractivity contribution in [2.24, 2.45) is 0 Å². The van der Waals surface area contributed by atoms with Crippen molar-refractivity contribution in [2.75, 3.05) is 34.3 Å². The second-order valence-electron chi connectivity index (χ2n) is 11.8. The number of Topliss-reactive ketones (excluding diaryl/α,β-unsaturated/α-hetero) is 1. The van der Waals surface area contributed by atoms with Gasteiger partial charge in [0.05, 0.1) is 24.3 Å². The first-order valence-electron chi connectivity index (χ1n) is 12.4. The molecule has 1 aliphatic rings. The van der Waals surface area contributed by atoms with Crippen LogP contribution in [0.1, 0.15) is 69.8 Å². The van der Waals surface area contributed by atoms with Crippen LogP contribution >= 0.6 is 0 Å². The molecular weight excluding hydrogens is 452 g/mol. The first kappa shape index (κ1) is 27.5. The van der Waals surface area contributed by atoms with E-state index in [2.05, 4.69) is 41.5 Å². The maximum Gasteiger partial charge on any atom is 0.295 e. The number of likely N-dealkylation sites (tertiary alicyclic amines) is 1. The van der Waals surface area contributed by atoms with Gasteiger partial charge in [-0.1, -0.05) is 71.9 Å². The standard InChI is InChI=1S/C30H40N2O4/c1-29(2,3)20-12-10-19(11-13-20)25-24(27(34)28(35)32(25)17-16-31(7)8)26(33)22-18-21(30(4,5)6)14-15-23(22)36-9/h10-15,18,25,33H,16-17H2,1-9H3/b26-24+. The fourth-order valence-electron chi connectivity index (χ4n) is 4.43. The van der Waals surface area contributed by atoms with Gasteiger partial charge in [0.25, 0.3) is 11.7 Å². The van der Waals surface area contributed by atoms with E-state index in [4.69, 9.17) is 4.74 Å². The molecule has 1 N–H and O–H groups in total. The smallest absolute Gasteiger partial charge is 0.295 e. The highest BCUT2D eigenvalue weighted by Crippen LogP contribution is 2.42. The van der Waals surface area contributed by atoms with Crippen molar-refractivity contribution in [3.05, 3.63) is 70.3 Å². The van der Waals surface area contributed by atoms with Crippen LogP contribution in [0.4, 0.5) is 0 Å². The van der Waals surface area contributed by atoms with E-state index in [9.17, 15) is 14.7 Å². The fraction of sp³-hybridized carbons (Fsp3) is 0.467. The van der Waals surface area contributed by atoms with E-state index >= 15 is 0 Å². The monoisotopic (exact) mass is 492 g/mol. The van der Waals surface area contributed by atoms with Gasteiger partial charge in [-0.25, -0.2) is 0 Å². The van der Waals surface area contributed by atoms with Gasteiger partial charge in [0.1, 0.15) is 11.5 Å². The van der Waals surface area contributed by atoms with Crippen LogP contribution in [0.5, 0.6) is 5.75 Å². The number of hydrogen-bond acceptors (Lipinski definition) is 5. The van der Waals surface area contributed by atoms with Crippen molar-refractivity contribution in [1.29, 1.82) is 0 Å². The normalized spacial score (nSPS) is 18.3. The zero-order valence-corrected chi connectivity index (χ0v) is 23.1. The molecule has 2 aromatic carbocycles. The number of carbonyl (C=O) groups is 2. The number of nitrogens with zero attached hydrogens (tertiary/aromatic N) is 2. The van der Waals surface area contributed by atoms with Gasteiger partial charge in [-0.2, -0.15) is 0 Å². The van der Waals surface area contributed by atoms with Crippen LogP contribution in [0.25, 0.3) is 5.76 Å². The van der Waals surface area contributed by atoms with Crippen LogP contribution in [-0.2, 0) is 20.4 Å². The summed E-state index contributed by atoms with van der Waals surface area (Å²) >= 11 is 0. The third kappa shape index (κ3) is 5.49. The molecule has 1 aliphatic heterocycles. The van der Waals surface area contributed by atoms with E-state index in [0.717, 1.165) is 16.7 Å². The van der Waals surface area contributed by atoms with E-state index in [1.54, 1.807) is 11.0 Å². The van der Waals surface area contributed by atoms with Crippen LogP contribution in [0.2, 0.25) is 0 Å². The topological polar surface area (TPSA) is 70.1 Å². The van der Waals surface area contributed by atoms with Gasteiger partial charge in [-0.3, -0.25) is 9.59 Å². The zero-order chi connectivity index (χ0) is 27.0. The SMILES string of the molecule is COc1ccc(C(C)(C)C)cc1/C(O)=C1\C(=O)C(=O)N(CCN(C)C)C1c1ccc(C(C)(C)C)cc1. The molecule has 0 aromatic heterocycles. The maximum atomic E-state index is 13.4. The number of methoxy groups -OCH3 is 1. The molecule has 0 spiro atoms. The Morgan fingerprint density at radius 1 is 0.944 bits per heavy atom. The molecule has 6 heteroatoms. The minimum absolute atomic E-state index is 0.0357. The molecule has 0 aliphatic carbocycles. The van der Waals surface area contributed by atoms with Crippen molar-refractivity contribution >= 4 is 17.4 Å². The lowest BCUT2D eigenvalue weighted by molar-refractivity contribution is -0.140. The number of amides is 1. The summed E-state index contributed by atoms with van der Waals surface area (Å²) in [6, 6.07) is 12.9. The Hall–Kier alpha value is -3.12. The summed E-state index contributed by atoms with van der Waals surface area (Å²) in [6.45, 7) is 13.6. The third-order valence-corrected chi connectivity index (χ3v) is 6.74. The number of rotatable bonds is 6. The lowest BCUT2D eigenvalue weighted by atomic mass is 9.84. The first-order chi connectivity index (χ1) is 16.7. The van der Waals surface area contributed by atoms with Crippen molar-refractivity contribution < 1.29 is 19.4 Å². The Morgan fingerprint density at radius 2 is 1.50 bits per heavy atom. The summed E-state index contributed by atoms with van der Waals surface area (Å²) in [6.07, 6.45) is 0. The molecular formula is C30H40N2O4. The molecule has 3 rings (SSSR count). The van der Waals surface area contributed by atoms with Gasteiger partial charge in [-0.05, 0) is 53.7 Å². The predicted molar refractivity (Wildman–Crippen MR) is 144 cm³/mol. The highest BCUT2D eigenvalue weighted by Gasteiger charge is 2.46. The quantitative estimate of drug-likeness (QED) is 0.338. The molecule has 1 amide bonds. The molecule has 1 fully saturated rings. The molecule has 36 heavy (non-hydrogen) atoms. The molecule has 0 saturated carbocycles. The molecule has 1 atom stereocenters. The predicted octanol–water partition coefficient (Wildman–Crippen LogP) is 5.27. The maximum absolute atomic E-state index is 13.4. The minimum Gasteiger partial charge on any atom is -0.507 e. The van der Waals surface area contributed by atoms with Crippen LogP contribution in [0, 0.1) is 0 Å². The Kier molecular flexibility index (Phi) is 7.70. The number of carbonyl (C=O) groups excluding carboxylic acids is 2. The van der Waals surface area contributed by atoms with Crippen LogP contribution in [-0.4, -0.2) is 60.9 Å². The summed E-state index contributed by atoms with van der Waals surface area (Å²) in [4.78, 5) is 30.2. The average Bonchev–Trinajstić information content (AvgIpc) is 3.05. The van der Waals surface area contributed by atoms with E-state index in [0.29, 0.717) is 24.4 Å². The van der Waals surface area contributed by atoms with Crippen molar-refractivity contribution in [3.8, 4) is 5.75 Å². The average molecular weight is 493 g/mol. The van der Waals surface area contributed by atoms with Gasteiger partial charge >= 0.3 is 0 Å². The number of ether oxygens (including phenoxy) is 1. The van der Waals surface area contributed by atoms with Gasteiger partial charge < -0.3 is 19.6 Å². The summed E-state index contributed by atoms with van der Waals surface area (Å²) in [5.41, 5.74) is 3.20. The second-order valence-corrected chi connectivity index (χ2v) is 11.8. The lowest BCUT2D eigenvalue weighted by Crippen LogP contribution is -2.35. The highest BCUT2D eigenvalue weighted by atomic mass is 16.5. The van der Waals surface area contributed by atoms with Crippen LogP contribution in [0.3, 0.4) is 0 Å². The summed E-state index contributed by atoms with van der Waals surface area (Å²) in [7, 11) is 5.38. The molecule has 1 saturated heterocycles. The number of likely N-dealkylation sites (N-methyl/N-ethyl adjacent to an activating group) is 1. The lowest BCUT2D eigenvalue weighted by Gasteiger charge is -2.28. The molecule has 194 valence electrons. The summed E-state index contributed by atoms with van der Waals surface area (Å²) in [5, 5.41) is 11.6. The Morgan fingerprint density at radius 3 is 2.00 bits per heavy atom. The summed E-state index contributed by atoms with van der Waals surface area (Å²) in [5.74, 6) is -1.05. The van der Waals surface area contributed by atoms with Gasteiger partial charge in [0.15, 0.2) is 0 Å². The van der Waals surface area contributed by atoms with E-state index in [-0.39, 0.29) is 22.2 Å². The van der Waals surface area contributed by atoms with E-state index in [1.807, 2.05) is 55.4 Å². The molecule has 1 unspecified atom stereocenters. The Bertz CT molecular complexity index is 1160. The van der Waals surface area contributed by atoms with Crippen molar-refractivity contribution in [3.63, 3.8) is 0 Å². The highest BCUT2D eigenvalue weighted by molar-refractivity contribution is 6.46. The van der Waals surface area contributed by atoms with Crippen molar-refractivity contribution in [1.82, 2.24) is 9.80 Å². The van der Waals surface area contributed by atoms with E-state index < -0.39 is 17.7 Å². The Labute approximate surface area is 215 Å². The first-order valence-corrected chi connectivity index (χ1v) is 12.4. The Balaban J connectivity index is 2.24. The minimum atomic E-state index is -0.693. The fourth-order valence-corrected chi connectivity index (χ4v) is 4.43. The molecule has 1 heterocycles. The summed E-state index contributed by atoms with van der Waals surface area (Å²) < 4.78 is 5.55. The number of aliphatic hydroxyl groups excluding tert-OH is 1. The van der Waals surface area contributed by atoms with Gasteiger partial charge in [0, 0.05) is 13.1 Å². The number of ketones is 1. The number of benzene rings is 2. The van der Waals surface area contributed by atoms with E-state index in [1.165, 1.54) is 7.11 Å². The van der Waals surface area contributed by atoms with Crippen LogP contribution in [0.15, 0.2) is 48.0 Å². The molecule has 6 nitrogen and oxygen atoms in total. The third-order valence-electron chi connectivity index (χ3n) is 6.74. The molecule has 0 bridgehead atoms. The van der Waals surface area contributed by atoms with Gasteiger partial charge in [-0.15, -0.1) is 0 Å². The largest absolute Gasteiger partial charge is 0.507 e. The number of hydrogen-bond donors (Lipinski definition) is 1.